The molecule has 4 nitrogen and oxygen atoms in total. The lowest BCUT2D eigenvalue weighted by atomic mass is 10.1. The van der Waals surface area contributed by atoms with E-state index in [-0.39, 0.29) is 0 Å². The zero-order chi connectivity index (χ0) is 18.8. The molecule has 0 fully saturated rings. The van der Waals surface area contributed by atoms with E-state index in [0.29, 0.717) is 11.5 Å². The van der Waals surface area contributed by atoms with Crippen molar-refractivity contribution in [2.75, 3.05) is 11.5 Å². The first kappa shape index (κ1) is 17.7. The number of aryl methyl sites for hydroxylation is 4. The molecule has 0 amide bonds. The molecule has 3 aromatic carbocycles. The highest BCUT2D eigenvalue weighted by Crippen LogP contribution is 2.35. The topological polar surface area (TPSA) is 70.5 Å². The maximum atomic E-state index is 6.10. The van der Waals surface area contributed by atoms with Gasteiger partial charge in [0.05, 0.1) is 0 Å². The molecule has 134 valence electrons. The lowest BCUT2D eigenvalue weighted by Crippen LogP contribution is -1.96. The van der Waals surface area contributed by atoms with E-state index >= 15 is 0 Å². The van der Waals surface area contributed by atoms with E-state index in [9.17, 15) is 0 Å². The van der Waals surface area contributed by atoms with Crippen molar-refractivity contribution >= 4 is 11.4 Å². The van der Waals surface area contributed by atoms with E-state index < -0.39 is 0 Å². The predicted molar refractivity (Wildman–Crippen MR) is 107 cm³/mol. The van der Waals surface area contributed by atoms with Crippen LogP contribution < -0.4 is 20.9 Å². The summed E-state index contributed by atoms with van der Waals surface area (Å²) in [5.74, 6) is 3.06. The fourth-order valence-electron chi connectivity index (χ4n) is 3.13. The molecule has 0 heterocycles. The van der Waals surface area contributed by atoms with Crippen LogP contribution in [0.3, 0.4) is 0 Å². The summed E-state index contributed by atoms with van der Waals surface area (Å²) in [6.07, 6.45) is 0. The van der Waals surface area contributed by atoms with Crippen molar-refractivity contribution in [3.05, 3.63) is 70.8 Å². The van der Waals surface area contributed by atoms with E-state index in [1.807, 2.05) is 76.2 Å². The second kappa shape index (κ2) is 7.00. The number of nitrogens with two attached hydrogens (primary N) is 2. The molecule has 0 bridgehead atoms. The van der Waals surface area contributed by atoms with Crippen LogP contribution in [0.25, 0.3) is 0 Å². The fourth-order valence-corrected chi connectivity index (χ4v) is 3.13. The van der Waals surface area contributed by atoms with Crippen LogP contribution in [-0.2, 0) is 0 Å². The summed E-state index contributed by atoms with van der Waals surface area (Å²) in [6.45, 7) is 7.94. The first-order valence-corrected chi connectivity index (χ1v) is 8.52. The van der Waals surface area contributed by atoms with Gasteiger partial charge in [0.1, 0.15) is 23.0 Å². The normalized spacial score (nSPS) is 10.6. The Kier molecular flexibility index (Phi) is 4.76. The van der Waals surface area contributed by atoms with Crippen LogP contribution in [0.1, 0.15) is 22.3 Å². The van der Waals surface area contributed by atoms with Gasteiger partial charge in [0.15, 0.2) is 0 Å². The van der Waals surface area contributed by atoms with Gasteiger partial charge >= 0.3 is 0 Å². The number of anilines is 2. The molecule has 0 aliphatic heterocycles. The summed E-state index contributed by atoms with van der Waals surface area (Å²) in [5.41, 5.74) is 17.2. The average molecular weight is 348 g/mol. The standard InChI is InChI=1S/C22H24N2O2/c1-13-8-17(23)9-14(2)21(13)25-19-6-5-7-20(12-19)26-22-15(3)10-18(24)11-16(22)4/h5-12H,23-24H2,1-4H3. The molecular weight excluding hydrogens is 324 g/mol. The molecule has 3 aromatic rings. The quantitative estimate of drug-likeness (QED) is 0.596. The molecule has 0 saturated carbocycles. The first-order chi connectivity index (χ1) is 12.3. The summed E-state index contributed by atoms with van der Waals surface area (Å²) in [5, 5.41) is 0. The molecule has 26 heavy (non-hydrogen) atoms. The molecule has 3 rings (SSSR count). The van der Waals surface area contributed by atoms with Crippen molar-refractivity contribution in [1.82, 2.24) is 0 Å². The van der Waals surface area contributed by atoms with Gasteiger partial charge in [-0.15, -0.1) is 0 Å². The summed E-state index contributed by atoms with van der Waals surface area (Å²) in [6, 6.07) is 15.2. The Hall–Kier alpha value is -3.14. The van der Waals surface area contributed by atoms with Gasteiger partial charge in [-0.05, 0) is 86.3 Å². The van der Waals surface area contributed by atoms with Crippen molar-refractivity contribution < 1.29 is 9.47 Å². The number of nitrogen functional groups attached to an aromatic ring is 2. The molecule has 0 aliphatic carbocycles. The van der Waals surface area contributed by atoms with Gasteiger partial charge < -0.3 is 20.9 Å². The fraction of sp³-hybridized carbons (Fsp3) is 0.182. The molecule has 0 aromatic heterocycles. The Morgan fingerprint density at radius 1 is 0.577 bits per heavy atom. The van der Waals surface area contributed by atoms with Crippen molar-refractivity contribution in [2.24, 2.45) is 0 Å². The molecule has 0 unspecified atom stereocenters. The monoisotopic (exact) mass is 348 g/mol. The first-order valence-electron chi connectivity index (χ1n) is 8.52. The molecule has 0 aliphatic rings. The number of ether oxygens (including phenoxy) is 2. The Morgan fingerprint density at radius 3 is 1.27 bits per heavy atom. The smallest absolute Gasteiger partial charge is 0.133 e. The molecule has 4 N–H and O–H groups in total. The van der Waals surface area contributed by atoms with Gasteiger partial charge in [0.2, 0.25) is 0 Å². The third-order valence-electron chi connectivity index (χ3n) is 4.21. The molecule has 0 radical (unpaired) electrons. The van der Waals surface area contributed by atoms with Gasteiger partial charge in [-0.25, -0.2) is 0 Å². The maximum Gasteiger partial charge on any atom is 0.133 e. The second-order valence-corrected chi connectivity index (χ2v) is 6.65. The second-order valence-electron chi connectivity index (χ2n) is 6.65. The summed E-state index contributed by atoms with van der Waals surface area (Å²) < 4.78 is 12.2. The number of benzene rings is 3. The lowest BCUT2D eigenvalue weighted by molar-refractivity contribution is 0.453. The van der Waals surface area contributed by atoms with Gasteiger partial charge in [0, 0.05) is 17.4 Å². The van der Waals surface area contributed by atoms with Crippen LogP contribution in [0.5, 0.6) is 23.0 Å². The van der Waals surface area contributed by atoms with E-state index in [2.05, 4.69) is 0 Å². The van der Waals surface area contributed by atoms with E-state index in [1.165, 1.54) is 0 Å². The minimum atomic E-state index is 0.712. The lowest BCUT2D eigenvalue weighted by Gasteiger charge is -2.15. The third-order valence-corrected chi connectivity index (χ3v) is 4.21. The van der Waals surface area contributed by atoms with Crippen molar-refractivity contribution in [3.63, 3.8) is 0 Å². The largest absolute Gasteiger partial charge is 0.457 e. The molecule has 4 heteroatoms. The zero-order valence-electron chi connectivity index (χ0n) is 15.6. The highest BCUT2D eigenvalue weighted by molar-refractivity contribution is 5.55. The third kappa shape index (κ3) is 3.75. The van der Waals surface area contributed by atoms with Crippen molar-refractivity contribution in [2.45, 2.75) is 27.7 Å². The molecule has 0 saturated heterocycles. The van der Waals surface area contributed by atoms with Crippen molar-refractivity contribution in [1.29, 1.82) is 0 Å². The maximum absolute atomic E-state index is 6.10. The number of hydrogen-bond acceptors (Lipinski definition) is 4. The van der Waals surface area contributed by atoms with Crippen molar-refractivity contribution in [3.8, 4) is 23.0 Å². The van der Waals surface area contributed by atoms with E-state index in [0.717, 1.165) is 45.1 Å². The van der Waals surface area contributed by atoms with Gasteiger partial charge in [0.25, 0.3) is 0 Å². The van der Waals surface area contributed by atoms with E-state index in [4.69, 9.17) is 20.9 Å². The molecule has 0 spiro atoms. The number of rotatable bonds is 4. The highest BCUT2D eigenvalue weighted by Gasteiger charge is 2.10. The minimum absolute atomic E-state index is 0.712. The van der Waals surface area contributed by atoms with Gasteiger partial charge in [-0.3, -0.25) is 0 Å². The zero-order valence-corrected chi connectivity index (χ0v) is 15.6. The Balaban J connectivity index is 1.88. The van der Waals surface area contributed by atoms with Crippen LogP contribution in [0, 0.1) is 27.7 Å². The van der Waals surface area contributed by atoms with E-state index in [1.54, 1.807) is 0 Å². The SMILES string of the molecule is Cc1cc(N)cc(C)c1Oc1cccc(Oc2c(C)cc(N)cc2C)c1. The van der Waals surface area contributed by atoms with Crippen LogP contribution in [0.4, 0.5) is 11.4 Å². The van der Waals surface area contributed by atoms with Crippen LogP contribution in [-0.4, -0.2) is 0 Å². The summed E-state index contributed by atoms with van der Waals surface area (Å²) in [7, 11) is 0. The van der Waals surface area contributed by atoms with Gasteiger partial charge in [-0.2, -0.15) is 0 Å². The van der Waals surface area contributed by atoms with Crippen LogP contribution in [0.15, 0.2) is 48.5 Å². The average Bonchev–Trinajstić information content (AvgIpc) is 2.55. The van der Waals surface area contributed by atoms with Crippen LogP contribution >= 0.6 is 0 Å². The molecular formula is C22H24N2O2. The Labute approximate surface area is 154 Å². The summed E-state index contributed by atoms with van der Waals surface area (Å²) in [4.78, 5) is 0. The van der Waals surface area contributed by atoms with Crippen LogP contribution in [0.2, 0.25) is 0 Å². The predicted octanol–water partition coefficient (Wildman–Crippen LogP) is 5.67. The number of hydrogen-bond donors (Lipinski definition) is 2. The Bertz CT molecular complexity index is 843. The van der Waals surface area contributed by atoms with Gasteiger partial charge in [-0.1, -0.05) is 6.07 Å². The highest BCUT2D eigenvalue weighted by atomic mass is 16.5. The molecule has 0 atom stereocenters. The Morgan fingerprint density at radius 2 is 0.923 bits per heavy atom. The minimum Gasteiger partial charge on any atom is -0.457 e. The summed E-state index contributed by atoms with van der Waals surface area (Å²) >= 11 is 0.